The maximum Gasteiger partial charge on any atom is 0.221 e. The van der Waals surface area contributed by atoms with E-state index in [4.69, 9.17) is 0 Å². The van der Waals surface area contributed by atoms with Crippen molar-refractivity contribution < 1.29 is 9.90 Å². The predicted octanol–water partition coefficient (Wildman–Crippen LogP) is 0.794. The SMILES string of the molecule is CCNC(C)CC(=O)NC1CCCC(O)C1. The molecule has 0 spiro atoms. The fourth-order valence-corrected chi connectivity index (χ4v) is 2.28. The zero-order chi connectivity index (χ0) is 12.0. The fourth-order valence-electron chi connectivity index (χ4n) is 2.28. The van der Waals surface area contributed by atoms with Crippen LogP contribution in [0.2, 0.25) is 0 Å². The summed E-state index contributed by atoms with van der Waals surface area (Å²) in [5.41, 5.74) is 0. The van der Waals surface area contributed by atoms with Crippen LogP contribution in [0.1, 0.15) is 46.0 Å². The highest BCUT2D eigenvalue weighted by atomic mass is 16.3. The molecular formula is C12H24N2O2. The lowest BCUT2D eigenvalue weighted by Crippen LogP contribution is -2.42. The Morgan fingerprint density at radius 1 is 1.50 bits per heavy atom. The van der Waals surface area contributed by atoms with Crippen LogP contribution in [0.5, 0.6) is 0 Å². The van der Waals surface area contributed by atoms with E-state index in [1.165, 1.54) is 0 Å². The minimum atomic E-state index is -0.231. The molecule has 4 nitrogen and oxygen atoms in total. The van der Waals surface area contributed by atoms with Gasteiger partial charge in [0.1, 0.15) is 0 Å². The van der Waals surface area contributed by atoms with Crippen LogP contribution < -0.4 is 10.6 Å². The van der Waals surface area contributed by atoms with Crippen molar-refractivity contribution in [1.29, 1.82) is 0 Å². The van der Waals surface area contributed by atoms with Crippen molar-refractivity contribution in [2.75, 3.05) is 6.54 Å². The van der Waals surface area contributed by atoms with E-state index in [0.29, 0.717) is 12.8 Å². The summed E-state index contributed by atoms with van der Waals surface area (Å²) in [6.07, 6.45) is 3.88. The largest absolute Gasteiger partial charge is 0.393 e. The van der Waals surface area contributed by atoms with Crippen molar-refractivity contribution in [3.63, 3.8) is 0 Å². The zero-order valence-corrected chi connectivity index (χ0v) is 10.3. The first-order valence-electron chi connectivity index (χ1n) is 6.32. The Bertz CT molecular complexity index is 221. The first-order chi connectivity index (χ1) is 7.61. The quantitative estimate of drug-likeness (QED) is 0.652. The summed E-state index contributed by atoms with van der Waals surface area (Å²) in [5, 5.41) is 15.7. The summed E-state index contributed by atoms with van der Waals surface area (Å²) >= 11 is 0. The number of hydrogen-bond acceptors (Lipinski definition) is 3. The topological polar surface area (TPSA) is 61.4 Å². The number of aliphatic hydroxyl groups is 1. The second kappa shape index (κ2) is 6.86. The Labute approximate surface area is 97.8 Å². The lowest BCUT2D eigenvalue weighted by Gasteiger charge is -2.27. The molecule has 3 N–H and O–H groups in total. The minimum absolute atomic E-state index is 0.0903. The van der Waals surface area contributed by atoms with Crippen LogP contribution in [-0.4, -0.2) is 35.7 Å². The van der Waals surface area contributed by atoms with Gasteiger partial charge in [-0.3, -0.25) is 4.79 Å². The van der Waals surface area contributed by atoms with Gasteiger partial charge in [-0.25, -0.2) is 0 Å². The van der Waals surface area contributed by atoms with Gasteiger partial charge in [0.05, 0.1) is 6.10 Å². The Morgan fingerprint density at radius 3 is 2.88 bits per heavy atom. The van der Waals surface area contributed by atoms with Crippen molar-refractivity contribution in [3.05, 3.63) is 0 Å². The van der Waals surface area contributed by atoms with Crippen LogP contribution in [0.3, 0.4) is 0 Å². The second-order valence-electron chi connectivity index (χ2n) is 4.75. The Hall–Kier alpha value is -0.610. The molecule has 3 atom stereocenters. The summed E-state index contributed by atoms with van der Waals surface area (Å²) in [4.78, 5) is 11.7. The first kappa shape index (κ1) is 13.5. The van der Waals surface area contributed by atoms with E-state index in [1.807, 2.05) is 13.8 Å². The number of carbonyl (C=O) groups excluding carboxylic acids is 1. The zero-order valence-electron chi connectivity index (χ0n) is 10.3. The van der Waals surface area contributed by atoms with Crippen LogP contribution in [0.15, 0.2) is 0 Å². The highest BCUT2D eigenvalue weighted by Crippen LogP contribution is 2.18. The van der Waals surface area contributed by atoms with Gasteiger partial charge in [0.2, 0.25) is 5.91 Å². The average Bonchev–Trinajstić information content (AvgIpc) is 2.17. The van der Waals surface area contributed by atoms with E-state index in [-0.39, 0.29) is 24.1 Å². The molecule has 1 rings (SSSR count). The van der Waals surface area contributed by atoms with E-state index < -0.39 is 0 Å². The second-order valence-corrected chi connectivity index (χ2v) is 4.75. The van der Waals surface area contributed by atoms with E-state index in [1.54, 1.807) is 0 Å². The van der Waals surface area contributed by atoms with Crippen LogP contribution in [0.25, 0.3) is 0 Å². The number of amides is 1. The molecule has 3 unspecified atom stereocenters. The third-order valence-corrected chi connectivity index (χ3v) is 3.06. The van der Waals surface area contributed by atoms with Crippen molar-refractivity contribution in [1.82, 2.24) is 10.6 Å². The van der Waals surface area contributed by atoms with Crippen LogP contribution >= 0.6 is 0 Å². The van der Waals surface area contributed by atoms with Gasteiger partial charge >= 0.3 is 0 Å². The lowest BCUT2D eigenvalue weighted by molar-refractivity contribution is -0.122. The van der Waals surface area contributed by atoms with Crippen LogP contribution in [0.4, 0.5) is 0 Å². The molecule has 0 bridgehead atoms. The molecule has 1 aliphatic rings. The number of rotatable bonds is 5. The molecule has 0 saturated heterocycles. The monoisotopic (exact) mass is 228 g/mol. The van der Waals surface area contributed by atoms with Gasteiger partial charge in [-0.15, -0.1) is 0 Å². The van der Waals surface area contributed by atoms with Gasteiger partial charge in [-0.05, 0) is 39.2 Å². The molecule has 4 heteroatoms. The molecule has 0 aliphatic heterocycles. The summed E-state index contributed by atoms with van der Waals surface area (Å²) < 4.78 is 0. The van der Waals surface area contributed by atoms with E-state index in [0.717, 1.165) is 25.8 Å². The highest BCUT2D eigenvalue weighted by Gasteiger charge is 2.21. The Kier molecular flexibility index (Phi) is 5.77. The number of hydrogen-bond donors (Lipinski definition) is 3. The summed E-state index contributed by atoms with van der Waals surface area (Å²) in [7, 11) is 0. The van der Waals surface area contributed by atoms with Gasteiger partial charge in [-0.2, -0.15) is 0 Å². The van der Waals surface area contributed by atoms with Crippen molar-refractivity contribution in [2.24, 2.45) is 0 Å². The normalized spacial score (nSPS) is 27.4. The Balaban J connectivity index is 2.22. The third kappa shape index (κ3) is 4.94. The van der Waals surface area contributed by atoms with Crippen molar-refractivity contribution >= 4 is 5.91 Å². The summed E-state index contributed by atoms with van der Waals surface area (Å²) in [6.45, 7) is 4.93. The predicted molar refractivity (Wildman–Crippen MR) is 64.2 cm³/mol. The Morgan fingerprint density at radius 2 is 2.25 bits per heavy atom. The number of aliphatic hydroxyl groups excluding tert-OH is 1. The maximum absolute atomic E-state index is 11.7. The summed E-state index contributed by atoms with van der Waals surface area (Å²) in [6, 6.07) is 0.392. The minimum Gasteiger partial charge on any atom is -0.393 e. The maximum atomic E-state index is 11.7. The average molecular weight is 228 g/mol. The fraction of sp³-hybridized carbons (Fsp3) is 0.917. The first-order valence-corrected chi connectivity index (χ1v) is 6.32. The molecular weight excluding hydrogens is 204 g/mol. The molecule has 0 aromatic heterocycles. The van der Waals surface area contributed by atoms with E-state index in [9.17, 15) is 9.90 Å². The smallest absolute Gasteiger partial charge is 0.221 e. The van der Waals surface area contributed by atoms with Crippen molar-refractivity contribution in [2.45, 2.75) is 64.1 Å². The number of carbonyl (C=O) groups is 1. The van der Waals surface area contributed by atoms with Gasteiger partial charge in [0.15, 0.2) is 0 Å². The lowest BCUT2D eigenvalue weighted by atomic mass is 9.93. The van der Waals surface area contributed by atoms with E-state index >= 15 is 0 Å². The highest BCUT2D eigenvalue weighted by molar-refractivity contribution is 5.76. The molecule has 0 heterocycles. The van der Waals surface area contributed by atoms with Crippen molar-refractivity contribution in [3.8, 4) is 0 Å². The molecule has 1 aliphatic carbocycles. The molecule has 0 radical (unpaired) electrons. The molecule has 94 valence electrons. The standard InChI is InChI=1S/C12H24N2O2/c1-3-13-9(2)7-12(16)14-10-5-4-6-11(15)8-10/h9-11,13,15H,3-8H2,1-2H3,(H,14,16). The third-order valence-electron chi connectivity index (χ3n) is 3.06. The molecule has 1 amide bonds. The molecule has 16 heavy (non-hydrogen) atoms. The van der Waals surface area contributed by atoms with Gasteiger partial charge < -0.3 is 15.7 Å². The van der Waals surface area contributed by atoms with Crippen LogP contribution in [-0.2, 0) is 4.79 Å². The van der Waals surface area contributed by atoms with Crippen LogP contribution in [0, 0.1) is 0 Å². The number of nitrogens with one attached hydrogen (secondary N) is 2. The van der Waals surface area contributed by atoms with Gasteiger partial charge in [-0.1, -0.05) is 6.92 Å². The molecule has 1 saturated carbocycles. The van der Waals surface area contributed by atoms with Gasteiger partial charge in [0, 0.05) is 18.5 Å². The molecule has 1 fully saturated rings. The molecule has 0 aromatic rings. The van der Waals surface area contributed by atoms with E-state index in [2.05, 4.69) is 10.6 Å². The molecule has 0 aromatic carbocycles. The summed E-state index contributed by atoms with van der Waals surface area (Å²) in [5.74, 6) is 0.0903. The van der Waals surface area contributed by atoms with Gasteiger partial charge in [0.25, 0.3) is 0 Å².